The fourth-order valence-electron chi connectivity index (χ4n) is 3.21. The molecule has 5 nitrogen and oxygen atoms in total. The number of hydrogen-bond donors (Lipinski definition) is 1. The molecule has 2 rings (SSSR count). The molecule has 0 atom stereocenters. The molecule has 1 aromatic rings. The smallest absolute Gasteiger partial charge is 0.193 e. The molecule has 25 heavy (non-hydrogen) atoms. The Kier molecular flexibility index (Phi) is 8.77. The van der Waals surface area contributed by atoms with Gasteiger partial charge in [-0.3, -0.25) is 4.99 Å². The van der Waals surface area contributed by atoms with E-state index in [2.05, 4.69) is 46.4 Å². The summed E-state index contributed by atoms with van der Waals surface area (Å²) in [5.41, 5.74) is 2.68. The maximum Gasteiger partial charge on any atom is 0.193 e. The number of nitrogens with zero attached hydrogens (tertiary/aromatic N) is 2. The Bertz CT molecular complexity index is 525. The van der Waals surface area contributed by atoms with Crippen LogP contribution in [0.15, 0.2) is 29.3 Å². The number of rotatable bonds is 8. The predicted octanol–water partition coefficient (Wildman–Crippen LogP) is 2.63. The minimum atomic E-state index is 0.374. The number of aryl methyl sites for hydroxylation is 1. The summed E-state index contributed by atoms with van der Waals surface area (Å²) in [4.78, 5) is 6.78. The van der Waals surface area contributed by atoms with Crippen molar-refractivity contribution in [1.29, 1.82) is 0 Å². The van der Waals surface area contributed by atoms with Crippen LogP contribution in [0.1, 0.15) is 30.4 Å². The van der Waals surface area contributed by atoms with Crippen molar-refractivity contribution in [1.82, 2.24) is 10.2 Å². The zero-order chi connectivity index (χ0) is 17.9. The molecule has 0 saturated carbocycles. The average molecular weight is 348 g/mol. The Hall–Kier alpha value is -1.59. The number of ether oxygens (including phenoxy) is 2. The van der Waals surface area contributed by atoms with Gasteiger partial charge in [0.15, 0.2) is 5.96 Å². The molecule has 1 aromatic carbocycles. The average Bonchev–Trinajstić information content (AvgIpc) is 2.63. The summed E-state index contributed by atoms with van der Waals surface area (Å²) in [5.74, 6) is 1.01. The summed E-state index contributed by atoms with van der Waals surface area (Å²) >= 11 is 0. The van der Waals surface area contributed by atoms with Crippen LogP contribution in [0, 0.1) is 6.92 Å². The normalized spacial score (nSPS) is 16.3. The second kappa shape index (κ2) is 11.1. The first-order chi connectivity index (χ1) is 12.2. The van der Waals surface area contributed by atoms with Gasteiger partial charge in [0.2, 0.25) is 0 Å². The van der Waals surface area contributed by atoms with Gasteiger partial charge in [-0.2, -0.15) is 0 Å². The van der Waals surface area contributed by atoms with Crippen LogP contribution in [0.2, 0.25) is 0 Å². The van der Waals surface area contributed by atoms with E-state index in [9.17, 15) is 0 Å². The highest BCUT2D eigenvalue weighted by atomic mass is 16.5. The first-order valence-electron chi connectivity index (χ1n) is 9.34. The first kappa shape index (κ1) is 19.7. The molecule has 1 N–H and O–H groups in total. The highest BCUT2D eigenvalue weighted by Gasteiger charge is 2.21. The highest BCUT2D eigenvalue weighted by Crippen LogP contribution is 2.14. The zero-order valence-electron chi connectivity index (χ0n) is 16.0. The van der Waals surface area contributed by atoms with Crippen molar-refractivity contribution in [2.75, 3.05) is 47.0 Å². The fourth-order valence-corrected chi connectivity index (χ4v) is 3.21. The number of nitrogens with one attached hydrogen (secondary N) is 1. The minimum Gasteiger partial charge on any atom is -0.385 e. The Balaban J connectivity index is 1.68. The Labute approximate surface area is 152 Å². The van der Waals surface area contributed by atoms with Crippen LogP contribution in [0.5, 0.6) is 0 Å². The lowest BCUT2D eigenvalue weighted by Crippen LogP contribution is -2.47. The van der Waals surface area contributed by atoms with E-state index in [0.29, 0.717) is 6.10 Å². The van der Waals surface area contributed by atoms with Crippen LogP contribution >= 0.6 is 0 Å². The van der Waals surface area contributed by atoms with E-state index >= 15 is 0 Å². The molecule has 1 heterocycles. The monoisotopic (exact) mass is 347 g/mol. The summed E-state index contributed by atoms with van der Waals surface area (Å²) < 4.78 is 11.0. The number of guanidine groups is 1. The lowest BCUT2D eigenvalue weighted by Gasteiger charge is -2.34. The Morgan fingerprint density at radius 1 is 1.28 bits per heavy atom. The van der Waals surface area contributed by atoms with Gasteiger partial charge in [-0.25, -0.2) is 0 Å². The van der Waals surface area contributed by atoms with Crippen molar-refractivity contribution < 1.29 is 9.47 Å². The van der Waals surface area contributed by atoms with Gasteiger partial charge >= 0.3 is 0 Å². The maximum atomic E-state index is 5.93. The van der Waals surface area contributed by atoms with Gasteiger partial charge in [-0.15, -0.1) is 0 Å². The molecular weight excluding hydrogens is 314 g/mol. The third-order valence-electron chi connectivity index (χ3n) is 4.58. The molecule has 0 bridgehead atoms. The van der Waals surface area contributed by atoms with Crippen LogP contribution in [-0.4, -0.2) is 64.0 Å². The molecule has 0 aromatic heterocycles. The van der Waals surface area contributed by atoms with Crippen molar-refractivity contribution >= 4 is 5.96 Å². The van der Waals surface area contributed by atoms with E-state index in [-0.39, 0.29) is 0 Å². The summed E-state index contributed by atoms with van der Waals surface area (Å²) in [7, 11) is 3.60. The lowest BCUT2D eigenvalue weighted by molar-refractivity contribution is 0.00992. The first-order valence-corrected chi connectivity index (χ1v) is 9.34. The number of methoxy groups -OCH3 is 1. The van der Waals surface area contributed by atoms with Crippen LogP contribution in [-0.2, 0) is 15.9 Å². The zero-order valence-corrected chi connectivity index (χ0v) is 16.0. The van der Waals surface area contributed by atoms with Gasteiger partial charge < -0.3 is 19.7 Å². The topological polar surface area (TPSA) is 46.1 Å². The van der Waals surface area contributed by atoms with Crippen molar-refractivity contribution in [2.24, 2.45) is 4.99 Å². The van der Waals surface area contributed by atoms with Crippen molar-refractivity contribution in [2.45, 2.75) is 38.7 Å². The van der Waals surface area contributed by atoms with Crippen molar-refractivity contribution in [3.8, 4) is 0 Å². The highest BCUT2D eigenvalue weighted by molar-refractivity contribution is 5.79. The summed E-state index contributed by atoms with van der Waals surface area (Å²) in [6, 6.07) is 8.69. The molecule has 1 aliphatic heterocycles. The molecule has 5 heteroatoms. The van der Waals surface area contributed by atoms with Crippen LogP contribution in [0.25, 0.3) is 0 Å². The van der Waals surface area contributed by atoms with Crippen molar-refractivity contribution in [3.05, 3.63) is 35.4 Å². The lowest BCUT2D eigenvalue weighted by atomic mass is 10.1. The summed E-state index contributed by atoms with van der Waals surface area (Å²) in [6.07, 6.45) is 4.48. The van der Waals surface area contributed by atoms with Gasteiger partial charge in [-0.05, 0) is 38.2 Å². The third kappa shape index (κ3) is 7.04. The largest absolute Gasteiger partial charge is 0.385 e. The molecule has 0 unspecified atom stereocenters. The molecule has 140 valence electrons. The van der Waals surface area contributed by atoms with Gasteiger partial charge in [0.05, 0.1) is 6.10 Å². The molecule has 0 spiro atoms. The molecule has 0 aliphatic carbocycles. The maximum absolute atomic E-state index is 5.93. The van der Waals surface area contributed by atoms with Gasteiger partial charge in [0.1, 0.15) is 0 Å². The molecule has 1 aliphatic rings. The minimum absolute atomic E-state index is 0.374. The number of aliphatic imine (C=N–C) groups is 1. The summed E-state index contributed by atoms with van der Waals surface area (Å²) in [5, 5.41) is 3.50. The molecule has 0 radical (unpaired) electrons. The molecule has 0 amide bonds. The fraction of sp³-hybridized carbons (Fsp3) is 0.650. The Morgan fingerprint density at radius 2 is 2.08 bits per heavy atom. The van der Waals surface area contributed by atoms with E-state index in [4.69, 9.17) is 9.47 Å². The van der Waals surface area contributed by atoms with Crippen LogP contribution < -0.4 is 5.32 Å². The standard InChI is InChI=1S/C20H33N3O2/c1-17-6-4-7-18(16-17)8-11-22-20(21-2)23-12-9-19(10-13-23)25-15-5-14-24-3/h4,6-7,16,19H,5,8-15H2,1-3H3,(H,21,22). The van der Waals surface area contributed by atoms with Gasteiger partial charge in [0.25, 0.3) is 0 Å². The summed E-state index contributed by atoms with van der Waals surface area (Å²) in [6.45, 7) is 6.61. The number of piperidine rings is 1. The van der Waals surface area contributed by atoms with Gasteiger partial charge in [0, 0.05) is 47.0 Å². The van der Waals surface area contributed by atoms with Crippen LogP contribution in [0.3, 0.4) is 0 Å². The second-order valence-corrected chi connectivity index (χ2v) is 6.62. The van der Waals surface area contributed by atoms with E-state index in [0.717, 1.165) is 64.5 Å². The number of hydrogen-bond acceptors (Lipinski definition) is 3. The predicted molar refractivity (Wildman–Crippen MR) is 103 cm³/mol. The van der Waals surface area contributed by atoms with E-state index < -0.39 is 0 Å². The Morgan fingerprint density at radius 3 is 2.76 bits per heavy atom. The SMILES string of the molecule is CN=C(NCCc1cccc(C)c1)N1CCC(OCCCOC)CC1. The molecule has 1 fully saturated rings. The second-order valence-electron chi connectivity index (χ2n) is 6.62. The van der Waals surface area contributed by atoms with Crippen molar-refractivity contribution in [3.63, 3.8) is 0 Å². The van der Waals surface area contributed by atoms with E-state index in [1.165, 1.54) is 11.1 Å². The van der Waals surface area contributed by atoms with Crippen LogP contribution in [0.4, 0.5) is 0 Å². The number of benzene rings is 1. The molecule has 1 saturated heterocycles. The quantitative estimate of drug-likeness (QED) is 0.446. The number of likely N-dealkylation sites (tertiary alicyclic amines) is 1. The third-order valence-corrected chi connectivity index (χ3v) is 4.58. The van der Waals surface area contributed by atoms with Gasteiger partial charge in [-0.1, -0.05) is 29.8 Å². The molecular formula is C20H33N3O2. The van der Waals surface area contributed by atoms with E-state index in [1.807, 2.05) is 7.05 Å². The van der Waals surface area contributed by atoms with E-state index in [1.54, 1.807) is 7.11 Å².